The molecule has 2 N–H and O–H groups in total. The summed E-state index contributed by atoms with van der Waals surface area (Å²) in [5, 5.41) is 10.7. The lowest BCUT2D eigenvalue weighted by atomic mass is 10.2. The van der Waals surface area contributed by atoms with E-state index in [0.29, 0.717) is 23.7 Å². The first-order valence-corrected chi connectivity index (χ1v) is 7.15. The highest BCUT2D eigenvalue weighted by Gasteiger charge is 2.39. The maximum absolute atomic E-state index is 12.3. The van der Waals surface area contributed by atoms with E-state index in [4.69, 9.17) is 5.11 Å². The van der Waals surface area contributed by atoms with Gasteiger partial charge in [-0.2, -0.15) is 17.5 Å². The molecule has 0 aromatic heterocycles. The predicted octanol–water partition coefficient (Wildman–Crippen LogP) is -0.0752. The molecule has 18 heavy (non-hydrogen) atoms. The second-order valence-electron chi connectivity index (χ2n) is 4.19. The third-order valence-electron chi connectivity index (χ3n) is 2.74. The fourth-order valence-electron chi connectivity index (χ4n) is 1.89. The zero-order valence-electron chi connectivity index (χ0n) is 9.78. The van der Waals surface area contributed by atoms with Crippen LogP contribution >= 0.6 is 0 Å². The Morgan fingerprint density at radius 1 is 1.39 bits per heavy atom. The summed E-state index contributed by atoms with van der Waals surface area (Å²) in [6.45, 7) is -1.88. The summed E-state index contributed by atoms with van der Waals surface area (Å²) in [6.07, 6.45) is -3.65. The van der Waals surface area contributed by atoms with Gasteiger partial charge in [0.2, 0.25) is 10.0 Å². The highest BCUT2D eigenvalue weighted by molar-refractivity contribution is 7.89. The van der Waals surface area contributed by atoms with Crippen molar-refractivity contribution in [2.75, 3.05) is 32.8 Å². The molecule has 0 spiro atoms. The first-order chi connectivity index (χ1) is 8.27. The molecule has 1 aliphatic heterocycles. The van der Waals surface area contributed by atoms with E-state index in [-0.39, 0.29) is 6.54 Å². The van der Waals surface area contributed by atoms with Gasteiger partial charge in [-0.1, -0.05) is 0 Å². The molecule has 5 nitrogen and oxygen atoms in total. The van der Waals surface area contributed by atoms with Crippen molar-refractivity contribution in [2.45, 2.75) is 24.3 Å². The van der Waals surface area contributed by atoms with Crippen LogP contribution in [0.15, 0.2) is 0 Å². The highest BCUT2D eigenvalue weighted by atomic mass is 32.2. The molecule has 0 aliphatic carbocycles. The van der Waals surface area contributed by atoms with E-state index in [1.165, 1.54) is 0 Å². The molecule has 0 aromatic carbocycles. The van der Waals surface area contributed by atoms with E-state index in [0.717, 1.165) is 0 Å². The van der Waals surface area contributed by atoms with Crippen molar-refractivity contribution in [3.05, 3.63) is 0 Å². The molecule has 0 amide bonds. The third-order valence-corrected chi connectivity index (χ3v) is 5.01. The molecule has 1 fully saturated rings. The Bertz CT molecular complexity index is 353. The molecular formula is C9H17F3N2O3S. The zero-order chi connectivity index (χ0) is 13.8. The number of alkyl halides is 3. The largest absolute Gasteiger partial charge is 0.402 e. The van der Waals surface area contributed by atoms with Crippen LogP contribution in [0.5, 0.6) is 0 Å². The van der Waals surface area contributed by atoms with Gasteiger partial charge in [-0.15, -0.1) is 0 Å². The lowest BCUT2D eigenvalue weighted by Crippen LogP contribution is -2.49. The molecule has 1 rings (SSSR count). The standard InChI is InChI=1S/C9H17F3N2O3S/c10-9(11,12)7-14(4-5-15)18(16,17)8-2-1-3-13-6-8/h8,13,15H,1-7H2. The van der Waals surface area contributed by atoms with E-state index < -0.39 is 41.1 Å². The molecular weight excluding hydrogens is 273 g/mol. The summed E-state index contributed by atoms with van der Waals surface area (Å²) in [6, 6.07) is 0. The summed E-state index contributed by atoms with van der Waals surface area (Å²) < 4.78 is 61.4. The van der Waals surface area contributed by atoms with Crippen molar-refractivity contribution in [1.29, 1.82) is 0 Å². The molecule has 0 aromatic rings. The average molecular weight is 290 g/mol. The smallest absolute Gasteiger partial charge is 0.395 e. The molecule has 0 saturated carbocycles. The summed E-state index contributed by atoms with van der Waals surface area (Å²) >= 11 is 0. The van der Waals surface area contributed by atoms with Gasteiger partial charge in [0, 0.05) is 13.1 Å². The lowest BCUT2D eigenvalue weighted by molar-refractivity contribution is -0.136. The van der Waals surface area contributed by atoms with Gasteiger partial charge in [-0.05, 0) is 19.4 Å². The van der Waals surface area contributed by atoms with Crippen LogP contribution in [0.3, 0.4) is 0 Å². The Morgan fingerprint density at radius 3 is 2.50 bits per heavy atom. The average Bonchev–Trinajstić information content (AvgIpc) is 2.28. The molecule has 1 heterocycles. The van der Waals surface area contributed by atoms with Gasteiger partial charge >= 0.3 is 6.18 Å². The predicted molar refractivity (Wildman–Crippen MR) is 59.5 cm³/mol. The number of piperidine rings is 1. The van der Waals surface area contributed by atoms with E-state index >= 15 is 0 Å². The van der Waals surface area contributed by atoms with Crippen molar-refractivity contribution in [3.8, 4) is 0 Å². The van der Waals surface area contributed by atoms with Crippen LogP contribution in [-0.4, -0.2) is 62.0 Å². The van der Waals surface area contributed by atoms with Crippen molar-refractivity contribution in [3.63, 3.8) is 0 Å². The van der Waals surface area contributed by atoms with Crippen LogP contribution in [0.2, 0.25) is 0 Å². The number of nitrogens with one attached hydrogen (secondary N) is 1. The van der Waals surface area contributed by atoms with Crippen LogP contribution in [0.1, 0.15) is 12.8 Å². The molecule has 1 aliphatic rings. The molecule has 108 valence electrons. The van der Waals surface area contributed by atoms with Crippen LogP contribution < -0.4 is 5.32 Å². The Kier molecular flexibility index (Phi) is 5.38. The fraction of sp³-hybridized carbons (Fsp3) is 1.00. The minimum Gasteiger partial charge on any atom is -0.395 e. The quantitative estimate of drug-likeness (QED) is 0.743. The Labute approximate surface area is 104 Å². The number of hydrogen-bond acceptors (Lipinski definition) is 4. The number of hydrogen-bond donors (Lipinski definition) is 2. The number of halogens is 3. The van der Waals surface area contributed by atoms with Gasteiger partial charge in [0.1, 0.15) is 6.54 Å². The first-order valence-electron chi connectivity index (χ1n) is 5.64. The van der Waals surface area contributed by atoms with E-state index in [1.807, 2.05) is 0 Å². The highest BCUT2D eigenvalue weighted by Crippen LogP contribution is 2.22. The number of sulfonamides is 1. The van der Waals surface area contributed by atoms with Crippen molar-refractivity contribution in [2.24, 2.45) is 0 Å². The monoisotopic (exact) mass is 290 g/mol. The third kappa shape index (κ3) is 4.38. The maximum Gasteiger partial charge on any atom is 0.402 e. The fourth-order valence-corrected chi connectivity index (χ4v) is 3.77. The molecule has 1 saturated heterocycles. The van der Waals surface area contributed by atoms with Crippen LogP contribution in [-0.2, 0) is 10.0 Å². The topological polar surface area (TPSA) is 69.6 Å². The van der Waals surface area contributed by atoms with Crippen molar-refractivity contribution < 1.29 is 26.7 Å². The summed E-state index contributed by atoms with van der Waals surface area (Å²) in [5.41, 5.74) is 0. The maximum atomic E-state index is 12.3. The van der Waals surface area contributed by atoms with Crippen molar-refractivity contribution >= 4 is 10.0 Å². The van der Waals surface area contributed by atoms with Crippen LogP contribution in [0.25, 0.3) is 0 Å². The zero-order valence-corrected chi connectivity index (χ0v) is 10.6. The number of nitrogens with zero attached hydrogens (tertiary/aromatic N) is 1. The molecule has 0 bridgehead atoms. The Balaban J connectivity index is 2.81. The SMILES string of the molecule is O=S(=O)(C1CCCNC1)N(CCO)CC(F)(F)F. The molecule has 1 atom stereocenters. The van der Waals surface area contributed by atoms with E-state index in [9.17, 15) is 21.6 Å². The molecule has 0 radical (unpaired) electrons. The summed E-state index contributed by atoms with van der Waals surface area (Å²) in [7, 11) is -4.03. The number of aliphatic hydroxyl groups is 1. The first kappa shape index (κ1) is 15.7. The van der Waals surface area contributed by atoms with Crippen molar-refractivity contribution in [1.82, 2.24) is 9.62 Å². The van der Waals surface area contributed by atoms with Gasteiger partial charge in [-0.3, -0.25) is 0 Å². The Morgan fingerprint density at radius 2 is 2.06 bits per heavy atom. The van der Waals surface area contributed by atoms with Crippen LogP contribution in [0.4, 0.5) is 13.2 Å². The van der Waals surface area contributed by atoms with E-state index in [2.05, 4.69) is 5.32 Å². The number of aliphatic hydroxyl groups excluding tert-OH is 1. The lowest BCUT2D eigenvalue weighted by Gasteiger charge is -2.30. The minimum atomic E-state index is -4.61. The number of rotatable bonds is 5. The van der Waals surface area contributed by atoms with Gasteiger partial charge in [0.15, 0.2) is 0 Å². The molecule has 9 heteroatoms. The van der Waals surface area contributed by atoms with Gasteiger partial charge < -0.3 is 10.4 Å². The van der Waals surface area contributed by atoms with Gasteiger partial charge in [0.25, 0.3) is 0 Å². The Hall–Kier alpha value is -0.380. The molecule has 1 unspecified atom stereocenters. The minimum absolute atomic E-state index is 0.155. The van der Waals surface area contributed by atoms with Gasteiger partial charge in [-0.25, -0.2) is 8.42 Å². The van der Waals surface area contributed by atoms with Crippen LogP contribution in [0, 0.1) is 0 Å². The normalized spacial score (nSPS) is 22.4. The summed E-state index contributed by atoms with van der Waals surface area (Å²) in [5.74, 6) is 0. The van der Waals surface area contributed by atoms with E-state index in [1.54, 1.807) is 0 Å². The second-order valence-corrected chi connectivity index (χ2v) is 6.40. The van der Waals surface area contributed by atoms with Gasteiger partial charge in [0.05, 0.1) is 11.9 Å². The second kappa shape index (κ2) is 6.18. The summed E-state index contributed by atoms with van der Waals surface area (Å²) in [4.78, 5) is 0.